The molecule has 0 radical (unpaired) electrons. The van der Waals surface area contributed by atoms with Gasteiger partial charge in [0, 0.05) is 23.2 Å². The van der Waals surface area contributed by atoms with Gasteiger partial charge in [-0.05, 0) is 68.6 Å². The van der Waals surface area contributed by atoms with Crippen LogP contribution in [0.5, 0.6) is 0 Å². The summed E-state index contributed by atoms with van der Waals surface area (Å²) >= 11 is 0. The maximum absolute atomic E-state index is 6.32. The van der Waals surface area contributed by atoms with E-state index in [0.29, 0.717) is 0 Å². The monoisotopic (exact) mass is 257 g/mol. The van der Waals surface area contributed by atoms with E-state index in [1.54, 1.807) is 0 Å². The SMILES string of the molecule is NC1CCc2[nH]nc(C3C4CC5CC(C4)CC3C5)c21. The van der Waals surface area contributed by atoms with E-state index < -0.39 is 0 Å². The van der Waals surface area contributed by atoms with E-state index in [0.717, 1.165) is 42.4 Å². The van der Waals surface area contributed by atoms with Crippen molar-refractivity contribution >= 4 is 0 Å². The van der Waals surface area contributed by atoms with Crippen LogP contribution >= 0.6 is 0 Å². The molecule has 102 valence electrons. The summed E-state index contributed by atoms with van der Waals surface area (Å²) in [7, 11) is 0. The number of nitrogens with one attached hydrogen (secondary N) is 1. The van der Waals surface area contributed by atoms with Crippen LogP contribution in [-0.4, -0.2) is 10.2 Å². The summed E-state index contributed by atoms with van der Waals surface area (Å²) < 4.78 is 0. The quantitative estimate of drug-likeness (QED) is 0.812. The molecule has 5 aliphatic rings. The first kappa shape index (κ1) is 10.9. The van der Waals surface area contributed by atoms with Gasteiger partial charge in [0.2, 0.25) is 0 Å². The number of aryl methyl sites for hydroxylation is 1. The van der Waals surface area contributed by atoms with Crippen molar-refractivity contribution in [3.8, 4) is 0 Å². The molecular formula is C16H23N3. The molecule has 0 spiro atoms. The topological polar surface area (TPSA) is 54.7 Å². The maximum Gasteiger partial charge on any atom is 0.0709 e. The smallest absolute Gasteiger partial charge is 0.0709 e. The summed E-state index contributed by atoms with van der Waals surface area (Å²) in [6, 6.07) is 0.251. The van der Waals surface area contributed by atoms with Crippen LogP contribution in [0.4, 0.5) is 0 Å². The average Bonchev–Trinajstić information content (AvgIpc) is 2.93. The van der Waals surface area contributed by atoms with Gasteiger partial charge in [-0.1, -0.05) is 0 Å². The van der Waals surface area contributed by atoms with Gasteiger partial charge in [-0.15, -0.1) is 0 Å². The first-order valence-electron chi connectivity index (χ1n) is 8.12. The third-order valence-corrected chi connectivity index (χ3v) is 6.53. The summed E-state index contributed by atoms with van der Waals surface area (Å²) in [5.74, 6) is 4.64. The largest absolute Gasteiger partial charge is 0.324 e. The highest BCUT2D eigenvalue weighted by molar-refractivity contribution is 5.36. The summed E-state index contributed by atoms with van der Waals surface area (Å²) in [6.45, 7) is 0. The Morgan fingerprint density at radius 3 is 2.37 bits per heavy atom. The molecular weight excluding hydrogens is 234 g/mol. The molecule has 6 rings (SSSR count). The van der Waals surface area contributed by atoms with E-state index in [1.807, 2.05) is 0 Å². The molecule has 0 amide bonds. The molecule has 3 N–H and O–H groups in total. The zero-order valence-corrected chi connectivity index (χ0v) is 11.4. The van der Waals surface area contributed by atoms with Crippen molar-refractivity contribution < 1.29 is 0 Å². The zero-order valence-electron chi connectivity index (χ0n) is 11.4. The Hall–Kier alpha value is -0.830. The van der Waals surface area contributed by atoms with Crippen molar-refractivity contribution in [2.45, 2.75) is 56.9 Å². The lowest BCUT2D eigenvalue weighted by Gasteiger charge is -2.54. The van der Waals surface area contributed by atoms with Crippen molar-refractivity contribution in [2.24, 2.45) is 29.4 Å². The number of aromatic amines is 1. The van der Waals surface area contributed by atoms with E-state index in [-0.39, 0.29) is 6.04 Å². The van der Waals surface area contributed by atoms with Gasteiger partial charge in [-0.25, -0.2) is 0 Å². The molecule has 1 atom stereocenters. The minimum atomic E-state index is 0.251. The second kappa shape index (κ2) is 3.63. The summed E-state index contributed by atoms with van der Waals surface area (Å²) in [5, 5.41) is 8.02. The van der Waals surface area contributed by atoms with Crippen LogP contribution in [0.1, 0.15) is 67.4 Å². The fourth-order valence-electron chi connectivity index (χ4n) is 6.08. The van der Waals surface area contributed by atoms with Gasteiger partial charge in [0.05, 0.1) is 5.69 Å². The highest BCUT2D eigenvalue weighted by Gasteiger charge is 2.50. The van der Waals surface area contributed by atoms with Crippen LogP contribution in [0, 0.1) is 23.7 Å². The molecule has 5 aliphatic carbocycles. The van der Waals surface area contributed by atoms with Crippen molar-refractivity contribution in [1.82, 2.24) is 10.2 Å². The molecule has 4 fully saturated rings. The van der Waals surface area contributed by atoms with Crippen molar-refractivity contribution in [3.05, 3.63) is 17.0 Å². The minimum absolute atomic E-state index is 0.251. The predicted molar refractivity (Wildman–Crippen MR) is 73.6 cm³/mol. The lowest BCUT2D eigenvalue weighted by Crippen LogP contribution is -2.44. The van der Waals surface area contributed by atoms with Crippen molar-refractivity contribution in [3.63, 3.8) is 0 Å². The van der Waals surface area contributed by atoms with Gasteiger partial charge < -0.3 is 5.73 Å². The molecule has 0 aliphatic heterocycles. The van der Waals surface area contributed by atoms with Crippen LogP contribution < -0.4 is 5.73 Å². The standard InChI is InChI=1S/C16H23N3/c17-12-1-2-13-15(12)16(19-18-13)14-10-4-8-3-9(6-10)7-11(14)5-8/h8-12,14H,1-7,17H2,(H,18,19). The number of rotatable bonds is 1. The van der Waals surface area contributed by atoms with Gasteiger partial charge >= 0.3 is 0 Å². The Kier molecular flexibility index (Phi) is 2.08. The van der Waals surface area contributed by atoms with Crippen LogP contribution in [0.2, 0.25) is 0 Å². The predicted octanol–water partition coefficient (Wildman–Crippen LogP) is 2.90. The highest BCUT2D eigenvalue weighted by Crippen LogP contribution is 2.60. The molecule has 4 saturated carbocycles. The Labute approximate surface area is 114 Å². The van der Waals surface area contributed by atoms with Crippen LogP contribution in [0.3, 0.4) is 0 Å². The number of nitrogens with zero attached hydrogens (tertiary/aromatic N) is 1. The molecule has 3 nitrogen and oxygen atoms in total. The van der Waals surface area contributed by atoms with E-state index in [4.69, 9.17) is 10.8 Å². The van der Waals surface area contributed by atoms with Crippen LogP contribution in [-0.2, 0) is 6.42 Å². The molecule has 1 heterocycles. The van der Waals surface area contributed by atoms with Crippen molar-refractivity contribution in [1.29, 1.82) is 0 Å². The highest BCUT2D eigenvalue weighted by atomic mass is 15.1. The van der Waals surface area contributed by atoms with Gasteiger partial charge in [0.25, 0.3) is 0 Å². The third kappa shape index (κ3) is 1.40. The normalized spacial score (nSPS) is 46.8. The number of hydrogen-bond donors (Lipinski definition) is 2. The van der Waals surface area contributed by atoms with Gasteiger partial charge in [0.1, 0.15) is 0 Å². The molecule has 4 bridgehead atoms. The Bertz CT molecular complexity index is 490. The summed E-state index contributed by atoms with van der Waals surface area (Å²) in [4.78, 5) is 0. The van der Waals surface area contributed by atoms with Gasteiger partial charge in [-0.2, -0.15) is 5.10 Å². The molecule has 1 aromatic rings. The molecule has 0 aromatic carbocycles. The molecule has 19 heavy (non-hydrogen) atoms. The lowest BCUT2D eigenvalue weighted by molar-refractivity contribution is -0.00452. The van der Waals surface area contributed by atoms with E-state index >= 15 is 0 Å². The Balaban J connectivity index is 1.57. The Morgan fingerprint density at radius 1 is 1.00 bits per heavy atom. The van der Waals surface area contributed by atoms with E-state index in [1.165, 1.54) is 49.1 Å². The second-order valence-electron chi connectivity index (χ2n) is 7.60. The number of aromatic nitrogens is 2. The number of H-pyrrole nitrogens is 1. The fraction of sp³-hybridized carbons (Fsp3) is 0.812. The average molecular weight is 257 g/mol. The second-order valence-corrected chi connectivity index (χ2v) is 7.60. The molecule has 0 saturated heterocycles. The third-order valence-electron chi connectivity index (χ3n) is 6.53. The minimum Gasteiger partial charge on any atom is -0.324 e. The van der Waals surface area contributed by atoms with Crippen LogP contribution in [0.15, 0.2) is 0 Å². The molecule has 3 heteroatoms. The molecule has 1 unspecified atom stereocenters. The summed E-state index contributed by atoms with van der Waals surface area (Å²) in [5.41, 5.74) is 10.5. The first-order chi connectivity index (χ1) is 9.29. The lowest BCUT2D eigenvalue weighted by atomic mass is 9.51. The van der Waals surface area contributed by atoms with Gasteiger partial charge in [0.15, 0.2) is 0 Å². The Morgan fingerprint density at radius 2 is 1.68 bits per heavy atom. The van der Waals surface area contributed by atoms with E-state index in [9.17, 15) is 0 Å². The molecule has 1 aromatic heterocycles. The summed E-state index contributed by atoms with van der Waals surface area (Å²) in [6.07, 6.45) is 9.62. The first-order valence-corrected chi connectivity index (χ1v) is 8.12. The van der Waals surface area contributed by atoms with Crippen LogP contribution in [0.25, 0.3) is 0 Å². The number of nitrogens with two attached hydrogens (primary N) is 1. The van der Waals surface area contributed by atoms with Gasteiger partial charge in [-0.3, -0.25) is 5.10 Å². The van der Waals surface area contributed by atoms with Crippen molar-refractivity contribution in [2.75, 3.05) is 0 Å². The fourth-order valence-corrected chi connectivity index (χ4v) is 6.08. The number of hydrogen-bond acceptors (Lipinski definition) is 2. The van der Waals surface area contributed by atoms with E-state index in [2.05, 4.69) is 5.10 Å². The zero-order chi connectivity index (χ0) is 12.6. The number of fused-ring (bicyclic) bond motifs is 1. The maximum atomic E-state index is 6.32.